The molecule has 0 spiro atoms. The Balaban J connectivity index is 1.94. The molecule has 142 valence electrons. The van der Waals surface area contributed by atoms with E-state index in [1.54, 1.807) is 0 Å². The fourth-order valence-electron chi connectivity index (χ4n) is 3.34. The van der Waals surface area contributed by atoms with Gasteiger partial charge in [0.15, 0.2) is 11.8 Å². The third-order valence-corrected chi connectivity index (χ3v) is 5.01. The van der Waals surface area contributed by atoms with Gasteiger partial charge in [-0.1, -0.05) is 39.5 Å². The van der Waals surface area contributed by atoms with Crippen LogP contribution in [-0.2, 0) is 19.5 Å². The van der Waals surface area contributed by atoms with Gasteiger partial charge in [-0.3, -0.25) is 0 Å². The summed E-state index contributed by atoms with van der Waals surface area (Å²) in [6.07, 6.45) is 9.85. The van der Waals surface area contributed by atoms with Gasteiger partial charge in [-0.05, 0) is 32.1 Å². The molecule has 0 fully saturated rings. The molecule has 0 radical (unpaired) electrons. The summed E-state index contributed by atoms with van der Waals surface area (Å²) in [5, 5.41) is 15.6. The summed E-state index contributed by atoms with van der Waals surface area (Å²) in [5.41, 5.74) is 0. The van der Waals surface area contributed by atoms with E-state index in [1.165, 1.54) is 44.9 Å². The lowest BCUT2D eigenvalue weighted by atomic mass is 9.99. The van der Waals surface area contributed by atoms with Gasteiger partial charge in [-0.15, -0.1) is 10.2 Å². The minimum absolute atomic E-state index is 0.591. The van der Waals surface area contributed by atoms with E-state index in [0.717, 1.165) is 43.7 Å². The van der Waals surface area contributed by atoms with Gasteiger partial charge in [0.05, 0.1) is 0 Å². The lowest BCUT2D eigenvalue weighted by Crippen LogP contribution is -2.39. The standard InChI is InChI=1S/C19H36N6/c1-4-7-11-16(5-2)14-21-19(20-6-3)22-15-18-24-23-17-12-9-8-10-13-25(17)18/h16H,4-15H2,1-3H3,(H2,20,21,22). The molecular weight excluding hydrogens is 312 g/mol. The normalized spacial score (nSPS) is 16.2. The second-order valence-electron chi connectivity index (χ2n) is 6.99. The summed E-state index contributed by atoms with van der Waals surface area (Å²) < 4.78 is 2.27. The smallest absolute Gasteiger partial charge is 0.191 e. The van der Waals surface area contributed by atoms with Gasteiger partial charge in [0.1, 0.15) is 12.4 Å². The van der Waals surface area contributed by atoms with Crippen LogP contribution in [0.15, 0.2) is 4.99 Å². The molecule has 0 bridgehead atoms. The lowest BCUT2D eigenvalue weighted by molar-refractivity contribution is 0.443. The van der Waals surface area contributed by atoms with Crippen molar-refractivity contribution in [3.63, 3.8) is 0 Å². The summed E-state index contributed by atoms with van der Waals surface area (Å²) in [6.45, 7) is 10.1. The van der Waals surface area contributed by atoms with Crippen molar-refractivity contribution < 1.29 is 0 Å². The van der Waals surface area contributed by atoms with Crippen LogP contribution in [0.1, 0.15) is 77.4 Å². The summed E-state index contributed by atoms with van der Waals surface area (Å²) in [7, 11) is 0. The van der Waals surface area contributed by atoms with Gasteiger partial charge in [0, 0.05) is 26.1 Å². The lowest BCUT2D eigenvalue weighted by Gasteiger charge is -2.18. The van der Waals surface area contributed by atoms with Crippen molar-refractivity contribution in [2.45, 2.75) is 85.2 Å². The first-order valence-corrected chi connectivity index (χ1v) is 10.2. The van der Waals surface area contributed by atoms with Crippen LogP contribution < -0.4 is 10.6 Å². The average molecular weight is 349 g/mol. The maximum atomic E-state index is 4.75. The molecule has 2 N–H and O–H groups in total. The molecule has 6 nitrogen and oxygen atoms in total. The summed E-state index contributed by atoms with van der Waals surface area (Å²) >= 11 is 0. The Bertz CT molecular complexity index is 522. The SMILES string of the molecule is CCCCC(CC)CNC(=NCc1nnc2n1CCCCC2)NCC. The van der Waals surface area contributed by atoms with Crippen LogP contribution in [0.5, 0.6) is 0 Å². The number of nitrogens with zero attached hydrogens (tertiary/aromatic N) is 4. The summed E-state index contributed by atoms with van der Waals surface area (Å²) in [4.78, 5) is 4.75. The van der Waals surface area contributed by atoms with E-state index in [-0.39, 0.29) is 0 Å². The van der Waals surface area contributed by atoms with Gasteiger partial charge < -0.3 is 15.2 Å². The average Bonchev–Trinajstić information content (AvgIpc) is 2.86. The van der Waals surface area contributed by atoms with Crippen molar-refractivity contribution in [2.75, 3.05) is 13.1 Å². The summed E-state index contributed by atoms with van der Waals surface area (Å²) in [6, 6.07) is 0. The van der Waals surface area contributed by atoms with Crippen molar-refractivity contribution in [1.82, 2.24) is 25.4 Å². The van der Waals surface area contributed by atoms with Crippen LogP contribution in [0.25, 0.3) is 0 Å². The van der Waals surface area contributed by atoms with Gasteiger partial charge >= 0.3 is 0 Å². The van der Waals surface area contributed by atoms with Crippen LogP contribution in [0.3, 0.4) is 0 Å². The van der Waals surface area contributed by atoms with Crippen LogP contribution in [-0.4, -0.2) is 33.8 Å². The predicted molar refractivity (Wildman–Crippen MR) is 104 cm³/mol. The van der Waals surface area contributed by atoms with E-state index in [0.29, 0.717) is 12.5 Å². The zero-order valence-corrected chi connectivity index (χ0v) is 16.4. The highest BCUT2D eigenvalue weighted by Gasteiger charge is 2.14. The molecular formula is C19H36N6. The van der Waals surface area contributed by atoms with Crippen molar-refractivity contribution in [1.29, 1.82) is 0 Å². The van der Waals surface area contributed by atoms with Crippen LogP contribution >= 0.6 is 0 Å². The van der Waals surface area contributed by atoms with Crippen LogP contribution in [0, 0.1) is 5.92 Å². The maximum Gasteiger partial charge on any atom is 0.191 e. The van der Waals surface area contributed by atoms with Crippen molar-refractivity contribution in [3.05, 3.63) is 11.6 Å². The highest BCUT2D eigenvalue weighted by Crippen LogP contribution is 2.15. The molecule has 2 heterocycles. The number of nitrogens with one attached hydrogen (secondary N) is 2. The molecule has 1 atom stereocenters. The molecule has 1 unspecified atom stereocenters. The van der Waals surface area contributed by atoms with Gasteiger partial charge in [0.25, 0.3) is 0 Å². The Morgan fingerprint density at radius 3 is 2.80 bits per heavy atom. The number of aryl methyl sites for hydroxylation is 1. The van der Waals surface area contributed by atoms with Gasteiger partial charge in [-0.2, -0.15) is 0 Å². The van der Waals surface area contributed by atoms with Crippen molar-refractivity contribution >= 4 is 5.96 Å². The van der Waals surface area contributed by atoms with Crippen molar-refractivity contribution in [2.24, 2.45) is 10.9 Å². The molecule has 1 aromatic heterocycles. The third-order valence-electron chi connectivity index (χ3n) is 5.01. The largest absolute Gasteiger partial charge is 0.357 e. The minimum atomic E-state index is 0.591. The molecule has 0 saturated heterocycles. The topological polar surface area (TPSA) is 67.1 Å². The molecule has 0 amide bonds. The van der Waals surface area contributed by atoms with Gasteiger partial charge in [0.2, 0.25) is 0 Å². The molecule has 0 aromatic carbocycles. The van der Waals surface area contributed by atoms with E-state index in [2.05, 4.69) is 46.2 Å². The monoisotopic (exact) mass is 348 g/mol. The molecule has 1 aliphatic rings. The van der Waals surface area contributed by atoms with Crippen molar-refractivity contribution in [3.8, 4) is 0 Å². The molecule has 1 aliphatic heterocycles. The zero-order chi connectivity index (χ0) is 17.9. The first kappa shape index (κ1) is 19.7. The number of rotatable bonds is 9. The van der Waals surface area contributed by atoms with Crippen LogP contribution in [0.4, 0.5) is 0 Å². The number of aliphatic imine (C=N–C) groups is 1. The molecule has 25 heavy (non-hydrogen) atoms. The van der Waals surface area contributed by atoms with E-state index in [4.69, 9.17) is 4.99 Å². The minimum Gasteiger partial charge on any atom is -0.357 e. The number of guanidine groups is 1. The first-order chi connectivity index (χ1) is 12.3. The zero-order valence-electron chi connectivity index (χ0n) is 16.4. The fraction of sp³-hybridized carbons (Fsp3) is 0.842. The Morgan fingerprint density at radius 2 is 2.04 bits per heavy atom. The highest BCUT2D eigenvalue weighted by molar-refractivity contribution is 5.79. The Labute approximate surface area is 152 Å². The second-order valence-corrected chi connectivity index (χ2v) is 6.99. The number of hydrogen-bond acceptors (Lipinski definition) is 3. The molecule has 0 aliphatic carbocycles. The van der Waals surface area contributed by atoms with E-state index >= 15 is 0 Å². The van der Waals surface area contributed by atoms with E-state index < -0.39 is 0 Å². The Hall–Kier alpha value is -1.59. The predicted octanol–water partition coefficient (Wildman–Crippen LogP) is 3.28. The van der Waals surface area contributed by atoms with E-state index in [1.807, 2.05) is 0 Å². The first-order valence-electron chi connectivity index (χ1n) is 10.2. The van der Waals surface area contributed by atoms with Gasteiger partial charge in [-0.25, -0.2) is 4.99 Å². The fourth-order valence-corrected chi connectivity index (χ4v) is 3.34. The van der Waals surface area contributed by atoms with E-state index in [9.17, 15) is 0 Å². The number of hydrogen-bond donors (Lipinski definition) is 2. The maximum absolute atomic E-state index is 4.75. The molecule has 0 saturated carbocycles. The second kappa shape index (κ2) is 11.1. The number of unbranched alkanes of at least 4 members (excludes halogenated alkanes) is 1. The quantitative estimate of drug-likeness (QED) is 0.531. The summed E-state index contributed by atoms with van der Waals surface area (Å²) in [5.74, 6) is 3.73. The number of aromatic nitrogens is 3. The highest BCUT2D eigenvalue weighted by atomic mass is 15.3. The van der Waals surface area contributed by atoms with Crippen LogP contribution in [0.2, 0.25) is 0 Å². The Kier molecular flexibility index (Phi) is 8.77. The number of fused-ring (bicyclic) bond motifs is 1. The molecule has 6 heteroatoms. The molecule has 1 aromatic rings. The third kappa shape index (κ3) is 6.33. The Morgan fingerprint density at radius 1 is 1.16 bits per heavy atom. The molecule has 2 rings (SSSR count).